The molecule has 1 heterocycles. The Labute approximate surface area is 154 Å². The van der Waals surface area contributed by atoms with E-state index in [1.807, 2.05) is 6.07 Å². The minimum atomic E-state index is 0.313. The molecule has 3 aromatic rings. The Kier molecular flexibility index (Phi) is 5.17. The number of hydrogen-bond donors (Lipinski definition) is 1. The van der Waals surface area contributed by atoms with E-state index in [0.717, 1.165) is 31.0 Å². The molecule has 0 aromatic heterocycles. The molecule has 0 amide bonds. The summed E-state index contributed by atoms with van der Waals surface area (Å²) in [5.41, 5.74) is 3.90. The Hall–Kier alpha value is -2.78. The largest absolute Gasteiger partial charge is 0.454 e. The second-order valence-corrected chi connectivity index (χ2v) is 6.53. The first-order valence-electron chi connectivity index (χ1n) is 9.09. The Morgan fingerprint density at radius 2 is 1.50 bits per heavy atom. The van der Waals surface area contributed by atoms with Crippen molar-refractivity contribution in [2.24, 2.45) is 0 Å². The predicted octanol–water partition coefficient (Wildman–Crippen LogP) is 4.73. The van der Waals surface area contributed by atoms with Crippen molar-refractivity contribution >= 4 is 0 Å². The van der Waals surface area contributed by atoms with Crippen molar-refractivity contribution in [3.05, 3.63) is 95.6 Å². The molecule has 26 heavy (non-hydrogen) atoms. The molecule has 4 rings (SSSR count). The van der Waals surface area contributed by atoms with Gasteiger partial charge in [0.1, 0.15) is 0 Å². The zero-order chi connectivity index (χ0) is 17.6. The Morgan fingerprint density at radius 3 is 2.31 bits per heavy atom. The van der Waals surface area contributed by atoms with Crippen LogP contribution in [-0.4, -0.2) is 13.3 Å². The molecule has 0 spiro atoms. The highest BCUT2D eigenvalue weighted by Crippen LogP contribution is 2.37. The third-order valence-electron chi connectivity index (χ3n) is 4.78. The lowest BCUT2D eigenvalue weighted by Gasteiger charge is -2.19. The van der Waals surface area contributed by atoms with Crippen LogP contribution in [0, 0.1) is 0 Å². The van der Waals surface area contributed by atoms with Gasteiger partial charge in [-0.3, -0.25) is 0 Å². The third kappa shape index (κ3) is 3.89. The van der Waals surface area contributed by atoms with Gasteiger partial charge in [-0.15, -0.1) is 0 Å². The van der Waals surface area contributed by atoms with E-state index in [0.29, 0.717) is 12.7 Å². The predicted molar refractivity (Wildman–Crippen MR) is 104 cm³/mol. The van der Waals surface area contributed by atoms with Crippen molar-refractivity contribution in [1.82, 2.24) is 5.32 Å². The summed E-state index contributed by atoms with van der Waals surface area (Å²) < 4.78 is 11.0. The molecule has 1 unspecified atom stereocenters. The molecular formula is C23H23NO2. The van der Waals surface area contributed by atoms with Crippen molar-refractivity contribution in [2.75, 3.05) is 13.3 Å². The van der Waals surface area contributed by atoms with E-state index in [2.05, 4.69) is 78.1 Å². The maximum atomic E-state index is 5.57. The lowest BCUT2D eigenvalue weighted by molar-refractivity contribution is 0.174. The van der Waals surface area contributed by atoms with Gasteiger partial charge in [0.2, 0.25) is 6.79 Å². The van der Waals surface area contributed by atoms with Crippen LogP contribution in [0.1, 0.15) is 29.0 Å². The number of rotatable bonds is 7. The van der Waals surface area contributed by atoms with Gasteiger partial charge in [-0.05, 0) is 41.8 Å². The summed E-state index contributed by atoms with van der Waals surface area (Å²) in [5, 5.41) is 3.57. The first-order chi connectivity index (χ1) is 12.9. The van der Waals surface area contributed by atoms with Crippen molar-refractivity contribution in [1.29, 1.82) is 0 Å². The topological polar surface area (TPSA) is 30.5 Å². The molecule has 3 nitrogen and oxygen atoms in total. The quantitative estimate of drug-likeness (QED) is 0.628. The van der Waals surface area contributed by atoms with E-state index in [4.69, 9.17) is 9.47 Å². The van der Waals surface area contributed by atoms with Gasteiger partial charge in [0.05, 0.1) is 0 Å². The lowest BCUT2D eigenvalue weighted by atomic mass is 9.88. The van der Waals surface area contributed by atoms with Crippen LogP contribution in [0.15, 0.2) is 78.9 Å². The summed E-state index contributed by atoms with van der Waals surface area (Å²) in [6.07, 6.45) is 1.02. The normalized spacial score (nSPS) is 13.5. The number of benzene rings is 3. The molecule has 0 fully saturated rings. The van der Waals surface area contributed by atoms with Crippen molar-refractivity contribution in [3.63, 3.8) is 0 Å². The highest BCUT2D eigenvalue weighted by Gasteiger charge is 2.19. The van der Waals surface area contributed by atoms with Gasteiger partial charge in [0.25, 0.3) is 0 Å². The minimum absolute atomic E-state index is 0.313. The van der Waals surface area contributed by atoms with Gasteiger partial charge in [0, 0.05) is 12.5 Å². The summed E-state index contributed by atoms with van der Waals surface area (Å²) in [4.78, 5) is 0. The lowest BCUT2D eigenvalue weighted by Crippen LogP contribution is -2.17. The monoisotopic (exact) mass is 345 g/mol. The van der Waals surface area contributed by atoms with Gasteiger partial charge in [-0.2, -0.15) is 0 Å². The van der Waals surface area contributed by atoms with E-state index in [9.17, 15) is 0 Å². The summed E-state index contributed by atoms with van der Waals surface area (Å²) in [7, 11) is 0. The molecule has 1 aliphatic rings. The average Bonchev–Trinajstić information content (AvgIpc) is 3.17. The van der Waals surface area contributed by atoms with E-state index in [1.54, 1.807) is 0 Å². The van der Waals surface area contributed by atoms with Gasteiger partial charge in [0.15, 0.2) is 11.5 Å². The molecule has 3 heteroatoms. The molecular weight excluding hydrogens is 322 g/mol. The fourth-order valence-electron chi connectivity index (χ4n) is 3.42. The van der Waals surface area contributed by atoms with E-state index in [1.165, 1.54) is 16.7 Å². The van der Waals surface area contributed by atoms with Crippen LogP contribution in [0.4, 0.5) is 0 Å². The van der Waals surface area contributed by atoms with Crippen LogP contribution >= 0.6 is 0 Å². The molecule has 1 N–H and O–H groups in total. The zero-order valence-corrected chi connectivity index (χ0v) is 14.7. The third-order valence-corrected chi connectivity index (χ3v) is 4.78. The fraction of sp³-hybridized carbons (Fsp3) is 0.217. The van der Waals surface area contributed by atoms with Gasteiger partial charge >= 0.3 is 0 Å². The Morgan fingerprint density at radius 1 is 0.769 bits per heavy atom. The van der Waals surface area contributed by atoms with Crippen LogP contribution in [0.2, 0.25) is 0 Å². The zero-order valence-electron chi connectivity index (χ0n) is 14.7. The van der Waals surface area contributed by atoms with Crippen LogP contribution in [0.5, 0.6) is 11.5 Å². The number of fused-ring (bicyclic) bond motifs is 1. The summed E-state index contributed by atoms with van der Waals surface area (Å²) in [6, 6.07) is 27.5. The number of hydrogen-bond acceptors (Lipinski definition) is 3. The fourth-order valence-corrected chi connectivity index (χ4v) is 3.42. The molecule has 0 radical (unpaired) electrons. The summed E-state index contributed by atoms with van der Waals surface area (Å²) in [6.45, 7) is 2.15. The Bertz CT molecular complexity index is 833. The van der Waals surface area contributed by atoms with Crippen LogP contribution in [-0.2, 0) is 6.54 Å². The number of ether oxygens (including phenoxy) is 2. The average molecular weight is 345 g/mol. The molecule has 0 aliphatic carbocycles. The van der Waals surface area contributed by atoms with Crippen LogP contribution in [0.3, 0.4) is 0 Å². The van der Waals surface area contributed by atoms with Gasteiger partial charge < -0.3 is 14.8 Å². The van der Waals surface area contributed by atoms with Gasteiger partial charge in [-0.25, -0.2) is 0 Å². The smallest absolute Gasteiger partial charge is 0.231 e. The molecule has 1 aliphatic heterocycles. The highest BCUT2D eigenvalue weighted by molar-refractivity contribution is 5.47. The van der Waals surface area contributed by atoms with Crippen molar-refractivity contribution in [3.8, 4) is 11.5 Å². The van der Waals surface area contributed by atoms with Gasteiger partial charge in [-0.1, -0.05) is 66.7 Å². The first kappa shape index (κ1) is 16.7. The summed E-state index contributed by atoms with van der Waals surface area (Å²) >= 11 is 0. The van der Waals surface area contributed by atoms with Crippen LogP contribution in [0.25, 0.3) is 0 Å². The maximum Gasteiger partial charge on any atom is 0.231 e. The second kappa shape index (κ2) is 8.07. The number of nitrogens with one attached hydrogen (secondary N) is 1. The highest BCUT2D eigenvalue weighted by atomic mass is 16.7. The SMILES string of the molecule is c1ccc(CNCCC(c2ccccc2)c2ccc3c(c2)OCO3)cc1. The molecule has 0 bridgehead atoms. The standard InChI is InChI=1S/C23H23NO2/c1-3-7-18(8-4-1)16-24-14-13-21(19-9-5-2-6-10-19)20-11-12-22-23(15-20)26-17-25-22/h1-12,15,21,24H,13-14,16-17H2. The minimum Gasteiger partial charge on any atom is -0.454 e. The Balaban J connectivity index is 1.47. The molecule has 132 valence electrons. The van der Waals surface area contributed by atoms with E-state index >= 15 is 0 Å². The van der Waals surface area contributed by atoms with Crippen molar-refractivity contribution < 1.29 is 9.47 Å². The second-order valence-electron chi connectivity index (χ2n) is 6.53. The molecule has 0 saturated carbocycles. The maximum absolute atomic E-state index is 5.57. The van der Waals surface area contributed by atoms with E-state index in [-0.39, 0.29) is 0 Å². The van der Waals surface area contributed by atoms with Crippen molar-refractivity contribution in [2.45, 2.75) is 18.9 Å². The molecule has 1 atom stereocenters. The van der Waals surface area contributed by atoms with Crippen LogP contribution < -0.4 is 14.8 Å². The first-order valence-corrected chi connectivity index (χ1v) is 9.09. The molecule has 0 saturated heterocycles. The van der Waals surface area contributed by atoms with E-state index < -0.39 is 0 Å². The summed E-state index contributed by atoms with van der Waals surface area (Å²) in [5.74, 6) is 2.01. The molecule has 3 aromatic carbocycles.